The van der Waals surface area contributed by atoms with Gasteiger partial charge in [-0.3, -0.25) is 4.79 Å². The van der Waals surface area contributed by atoms with E-state index in [1.165, 1.54) is 10.9 Å². The number of amides is 1. The number of ether oxygens (including phenoxy) is 1. The number of aromatic carboxylic acids is 1. The largest absolute Gasteiger partial charge is 0.476 e. The molecule has 1 saturated heterocycles. The molecule has 2 heterocycles. The van der Waals surface area contributed by atoms with Crippen molar-refractivity contribution in [3.8, 4) is 5.69 Å². The smallest absolute Gasteiger partial charge is 0.358 e. The Morgan fingerprint density at radius 2 is 2.26 bits per heavy atom. The van der Waals surface area contributed by atoms with E-state index in [2.05, 4.69) is 15.6 Å². The minimum atomic E-state index is -1.14. The summed E-state index contributed by atoms with van der Waals surface area (Å²) in [6.07, 6.45) is 3.02. The van der Waals surface area contributed by atoms with Crippen LogP contribution in [0.2, 0.25) is 0 Å². The summed E-state index contributed by atoms with van der Waals surface area (Å²) in [6.45, 7) is 1.15. The Bertz CT molecular complexity index is 722. The van der Waals surface area contributed by atoms with Gasteiger partial charge < -0.3 is 15.2 Å². The molecule has 0 saturated carbocycles. The van der Waals surface area contributed by atoms with Crippen LogP contribution in [0.5, 0.6) is 0 Å². The third-order valence-electron chi connectivity index (χ3n) is 3.62. The molecule has 1 amide bonds. The first-order valence-corrected chi connectivity index (χ1v) is 7.28. The van der Waals surface area contributed by atoms with Gasteiger partial charge in [0.2, 0.25) is 5.91 Å². The Morgan fingerprint density at radius 1 is 1.39 bits per heavy atom. The molecule has 1 aliphatic heterocycles. The van der Waals surface area contributed by atoms with E-state index in [0.717, 1.165) is 12.8 Å². The summed E-state index contributed by atoms with van der Waals surface area (Å²) >= 11 is 0. The molecule has 0 bridgehead atoms. The molecule has 1 fully saturated rings. The van der Waals surface area contributed by atoms with Crippen LogP contribution in [-0.4, -0.2) is 45.2 Å². The van der Waals surface area contributed by atoms with Crippen LogP contribution >= 0.6 is 0 Å². The van der Waals surface area contributed by atoms with E-state index in [1.807, 2.05) is 0 Å². The van der Waals surface area contributed by atoms with Crippen molar-refractivity contribution >= 4 is 17.6 Å². The second-order valence-electron chi connectivity index (χ2n) is 5.31. The number of benzene rings is 1. The lowest BCUT2D eigenvalue weighted by atomic mass is 10.0. The molecular weight excluding hydrogens is 300 g/mol. The predicted molar refractivity (Wildman–Crippen MR) is 80.5 cm³/mol. The number of anilines is 1. The number of carboxylic acids is 1. The van der Waals surface area contributed by atoms with Crippen LogP contribution in [0.3, 0.4) is 0 Å². The fraction of sp³-hybridized carbons (Fsp3) is 0.333. The zero-order chi connectivity index (χ0) is 16.2. The standard InChI is InChI=1S/C15H16N4O4/c20-14(10-3-2-6-23-9-10)16-11-4-1-5-12(7-11)19-8-13(15(21)22)17-18-19/h1,4-5,7-8,10H,2-3,6,9H2,(H,16,20)(H,21,22). The first kappa shape index (κ1) is 15.2. The molecule has 1 unspecified atom stereocenters. The second-order valence-corrected chi connectivity index (χ2v) is 5.31. The molecule has 2 N–H and O–H groups in total. The fourth-order valence-corrected chi connectivity index (χ4v) is 2.41. The zero-order valence-corrected chi connectivity index (χ0v) is 12.3. The van der Waals surface area contributed by atoms with Gasteiger partial charge in [-0.15, -0.1) is 5.10 Å². The summed E-state index contributed by atoms with van der Waals surface area (Å²) in [5.41, 5.74) is 1.09. The van der Waals surface area contributed by atoms with Crippen molar-refractivity contribution in [1.82, 2.24) is 15.0 Å². The molecule has 0 spiro atoms. The highest BCUT2D eigenvalue weighted by molar-refractivity contribution is 5.93. The van der Waals surface area contributed by atoms with Crippen molar-refractivity contribution in [2.75, 3.05) is 18.5 Å². The molecule has 23 heavy (non-hydrogen) atoms. The number of hydrogen-bond donors (Lipinski definition) is 2. The molecule has 2 aromatic rings. The summed E-state index contributed by atoms with van der Waals surface area (Å²) in [6, 6.07) is 6.98. The first-order valence-electron chi connectivity index (χ1n) is 7.28. The number of carboxylic acid groups (broad SMARTS) is 1. The maximum atomic E-state index is 12.2. The Kier molecular flexibility index (Phi) is 4.33. The summed E-state index contributed by atoms with van der Waals surface area (Å²) in [5.74, 6) is -1.36. The summed E-state index contributed by atoms with van der Waals surface area (Å²) < 4.78 is 6.67. The van der Waals surface area contributed by atoms with Gasteiger partial charge in [0.1, 0.15) is 0 Å². The normalized spacial score (nSPS) is 17.7. The van der Waals surface area contributed by atoms with Crippen LogP contribution in [0.1, 0.15) is 23.3 Å². The van der Waals surface area contributed by atoms with Gasteiger partial charge in [-0.25, -0.2) is 9.48 Å². The lowest BCUT2D eigenvalue weighted by molar-refractivity contribution is -0.123. The Morgan fingerprint density at radius 3 is 2.96 bits per heavy atom. The van der Waals surface area contributed by atoms with Gasteiger partial charge in [-0.1, -0.05) is 11.3 Å². The van der Waals surface area contributed by atoms with Crippen LogP contribution in [0.15, 0.2) is 30.5 Å². The maximum absolute atomic E-state index is 12.2. The Balaban J connectivity index is 1.73. The van der Waals surface area contributed by atoms with Gasteiger partial charge in [0.25, 0.3) is 0 Å². The molecular formula is C15H16N4O4. The second kappa shape index (κ2) is 6.57. The minimum Gasteiger partial charge on any atom is -0.476 e. The number of hydrogen-bond acceptors (Lipinski definition) is 5. The van der Waals surface area contributed by atoms with Gasteiger partial charge in [0.15, 0.2) is 5.69 Å². The number of nitrogens with one attached hydrogen (secondary N) is 1. The van der Waals surface area contributed by atoms with Crippen LogP contribution in [0.4, 0.5) is 5.69 Å². The van der Waals surface area contributed by atoms with Crippen LogP contribution in [0.25, 0.3) is 5.69 Å². The summed E-state index contributed by atoms with van der Waals surface area (Å²) in [7, 11) is 0. The van der Waals surface area contributed by atoms with Crippen molar-refractivity contribution < 1.29 is 19.4 Å². The third-order valence-corrected chi connectivity index (χ3v) is 3.62. The maximum Gasteiger partial charge on any atom is 0.358 e. The van der Waals surface area contributed by atoms with E-state index in [0.29, 0.717) is 24.6 Å². The number of nitrogens with zero attached hydrogens (tertiary/aromatic N) is 3. The van der Waals surface area contributed by atoms with E-state index in [-0.39, 0.29) is 17.5 Å². The number of rotatable bonds is 4. The SMILES string of the molecule is O=C(O)c1cn(-c2cccc(NC(=O)C3CCCOC3)c2)nn1. The van der Waals surface area contributed by atoms with E-state index in [1.54, 1.807) is 24.3 Å². The highest BCUT2D eigenvalue weighted by Crippen LogP contribution is 2.18. The highest BCUT2D eigenvalue weighted by atomic mass is 16.5. The monoisotopic (exact) mass is 316 g/mol. The van der Waals surface area contributed by atoms with Crippen LogP contribution in [-0.2, 0) is 9.53 Å². The van der Waals surface area contributed by atoms with Crippen molar-refractivity contribution in [1.29, 1.82) is 0 Å². The third kappa shape index (κ3) is 3.54. The van der Waals surface area contributed by atoms with E-state index in [9.17, 15) is 9.59 Å². The van der Waals surface area contributed by atoms with Crippen molar-refractivity contribution in [3.63, 3.8) is 0 Å². The van der Waals surface area contributed by atoms with Crippen molar-refractivity contribution in [2.45, 2.75) is 12.8 Å². The summed E-state index contributed by atoms with van der Waals surface area (Å²) in [4.78, 5) is 23.1. The molecule has 1 aliphatic rings. The zero-order valence-electron chi connectivity index (χ0n) is 12.3. The van der Waals surface area contributed by atoms with Gasteiger partial charge in [-0.2, -0.15) is 0 Å². The quantitative estimate of drug-likeness (QED) is 0.881. The highest BCUT2D eigenvalue weighted by Gasteiger charge is 2.21. The van der Waals surface area contributed by atoms with E-state index >= 15 is 0 Å². The molecule has 1 aromatic heterocycles. The minimum absolute atomic E-state index is 0.0772. The average molecular weight is 316 g/mol. The molecule has 0 radical (unpaired) electrons. The van der Waals surface area contributed by atoms with Crippen molar-refractivity contribution in [2.24, 2.45) is 5.92 Å². The van der Waals surface area contributed by atoms with E-state index in [4.69, 9.17) is 9.84 Å². The lowest BCUT2D eigenvalue weighted by Gasteiger charge is -2.21. The van der Waals surface area contributed by atoms with Crippen molar-refractivity contribution in [3.05, 3.63) is 36.2 Å². The molecule has 8 nitrogen and oxygen atoms in total. The van der Waals surface area contributed by atoms with Gasteiger partial charge in [0.05, 0.1) is 24.4 Å². The van der Waals surface area contributed by atoms with Crippen LogP contribution in [0, 0.1) is 5.92 Å². The Hall–Kier alpha value is -2.74. The summed E-state index contributed by atoms with van der Waals surface area (Å²) in [5, 5.41) is 19.1. The van der Waals surface area contributed by atoms with E-state index < -0.39 is 5.97 Å². The van der Waals surface area contributed by atoms with Gasteiger partial charge in [0, 0.05) is 12.3 Å². The topological polar surface area (TPSA) is 106 Å². The average Bonchev–Trinajstić information content (AvgIpc) is 3.06. The van der Waals surface area contributed by atoms with Gasteiger partial charge >= 0.3 is 5.97 Å². The predicted octanol–water partition coefficient (Wildman–Crippen LogP) is 1.33. The van der Waals surface area contributed by atoms with Gasteiger partial charge in [-0.05, 0) is 31.0 Å². The number of aromatic nitrogens is 3. The first-order chi connectivity index (χ1) is 11.1. The van der Waals surface area contributed by atoms with Crippen LogP contribution < -0.4 is 5.32 Å². The number of carbonyl (C=O) groups excluding carboxylic acids is 1. The lowest BCUT2D eigenvalue weighted by Crippen LogP contribution is -2.30. The Labute approximate surface area is 132 Å². The molecule has 0 aliphatic carbocycles. The molecule has 1 atom stereocenters. The molecule has 1 aromatic carbocycles. The molecule has 8 heteroatoms. The molecule has 3 rings (SSSR count). The fourth-order valence-electron chi connectivity index (χ4n) is 2.41. The number of carbonyl (C=O) groups is 2. The molecule has 120 valence electrons.